The topological polar surface area (TPSA) is 9.23 Å². The first-order valence-electron chi connectivity index (χ1n) is 4.17. The van der Waals surface area contributed by atoms with Gasteiger partial charge >= 0.3 is 0 Å². The van der Waals surface area contributed by atoms with Gasteiger partial charge in [-0.3, -0.25) is 0 Å². The average molecular weight is 227 g/mol. The second-order valence-electron chi connectivity index (χ2n) is 2.96. The summed E-state index contributed by atoms with van der Waals surface area (Å²) < 4.78 is 5.61. The Morgan fingerprint density at radius 1 is 1.42 bits per heavy atom. The fraction of sp³-hybridized carbons (Fsp3) is 0.400. The van der Waals surface area contributed by atoms with Gasteiger partial charge in [0, 0.05) is 5.33 Å². The van der Waals surface area contributed by atoms with Crippen LogP contribution in [0, 0.1) is 0 Å². The van der Waals surface area contributed by atoms with Crippen molar-refractivity contribution in [3.8, 4) is 0 Å². The van der Waals surface area contributed by atoms with Crippen molar-refractivity contribution in [2.45, 2.75) is 12.5 Å². The molecule has 0 N–H and O–H groups in total. The van der Waals surface area contributed by atoms with Crippen LogP contribution in [-0.2, 0) is 11.2 Å². The van der Waals surface area contributed by atoms with E-state index < -0.39 is 0 Å². The smallest absolute Gasteiger partial charge is 0.0924 e. The van der Waals surface area contributed by atoms with E-state index in [2.05, 4.69) is 40.2 Å². The Morgan fingerprint density at radius 3 is 3.08 bits per heavy atom. The van der Waals surface area contributed by atoms with Gasteiger partial charge in [-0.25, -0.2) is 0 Å². The maximum Gasteiger partial charge on any atom is 0.0924 e. The zero-order valence-corrected chi connectivity index (χ0v) is 8.38. The van der Waals surface area contributed by atoms with E-state index in [-0.39, 0.29) is 6.10 Å². The molecule has 0 aliphatic carbocycles. The largest absolute Gasteiger partial charge is 0.372 e. The summed E-state index contributed by atoms with van der Waals surface area (Å²) in [5.74, 6) is 0. The summed E-state index contributed by atoms with van der Waals surface area (Å²) in [5, 5.41) is 0.893. The fourth-order valence-corrected chi connectivity index (χ4v) is 2.14. The summed E-state index contributed by atoms with van der Waals surface area (Å²) in [6, 6.07) is 8.51. The van der Waals surface area contributed by atoms with Crippen LogP contribution in [0.4, 0.5) is 0 Å². The van der Waals surface area contributed by atoms with E-state index in [0.717, 1.165) is 18.4 Å². The van der Waals surface area contributed by atoms with Gasteiger partial charge in [0.2, 0.25) is 0 Å². The molecule has 0 fully saturated rings. The molecule has 0 spiro atoms. The molecule has 1 unspecified atom stereocenters. The predicted molar refractivity (Wildman–Crippen MR) is 52.6 cm³/mol. The van der Waals surface area contributed by atoms with Crippen molar-refractivity contribution in [3.05, 3.63) is 35.4 Å². The normalized spacial score (nSPS) is 21.9. The Balaban J connectivity index is 2.37. The molecule has 1 aromatic rings. The van der Waals surface area contributed by atoms with Crippen LogP contribution < -0.4 is 0 Å². The second kappa shape index (κ2) is 3.58. The van der Waals surface area contributed by atoms with Crippen LogP contribution in [0.15, 0.2) is 24.3 Å². The first-order valence-corrected chi connectivity index (χ1v) is 5.29. The molecule has 12 heavy (non-hydrogen) atoms. The predicted octanol–water partition coefficient (Wildman–Crippen LogP) is 2.70. The molecule has 1 aliphatic rings. The number of alkyl halides is 1. The number of ether oxygens (including phenoxy) is 1. The molecule has 0 saturated carbocycles. The van der Waals surface area contributed by atoms with Crippen LogP contribution in [0.2, 0.25) is 0 Å². The summed E-state index contributed by atoms with van der Waals surface area (Å²) in [4.78, 5) is 0. The second-order valence-corrected chi connectivity index (χ2v) is 3.61. The lowest BCUT2D eigenvalue weighted by molar-refractivity contribution is 0.0596. The highest BCUT2D eigenvalue weighted by Crippen LogP contribution is 2.27. The van der Waals surface area contributed by atoms with Gasteiger partial charge in [-0.2, -0.15) is 0 Å². The minimum Gasteiger partial charge on any atom is -0.372 e. The van der Waals surface area contributed by atoms with Gasteiger partial charge in [0.1, 0.15) is 0 Å². The molecule has 1 heterocycles. The zero-order chi connectivity index (χ0) is 8.39. The number of rotatable bonds is 1. The lowest BCUT2D eigenvalue weighted by Crippen LogP contribution is -2.16. The van der Waals surface area contributed by atoms with Gasteiger partial charge in [0.25, 0.3) is 0 Å². The SMILES string of the molecule is BrCC1OCCc2ccccc21. The van der Waals surface area contributed by atoms with E-state index in [0.29, 0.717) is 0 Å². The number of hydrogen-bond acceptors (Lipinski definition) is 1. The summed E-state index contributed by atoms with van der Waals surface area (Å²) in [6.07, 6.45) is 1.31. The quantitative estimate of drug-likeness (QED) is 0.670. The first kappa shape index (κ1) is 8.27. The molecule has 1 aliphatic heterocycles. The average Bonchev–Trinajstić information content (AvgIpc) is 2.17. The van der Waals surface area contributed by atoms with Crippen molar-refractivity contribution >= 4 is 15.9 Å². The van der Waals surface area contributed by atoms with Crippen LogP contribution in [-0.4, -0.2) is 11.9 Å². The van der Waals surface area contributed by atoms with E-state index in [4.69, 9.17) is 4.74 Å². The van der Waals surface area contributed by atoms with Crippen molar-refractivity contribution < 1.29 is 4.74 Å². The highest BCUT2D eigenvalue weighted by atomic mass is 79.9. The Bertz CT molecular complexity index is 272. The highest BCUT2D eigenvalue weighted by molar-refractivity contribution is 9.09. The molecular weight excluding hydrogens is 216 g/mol. The van der Waals surface area contributed by atoms with Gasteiger partial charge in [-0.05, 0) is 17.5 Å². The minimum atomic E-state index is 0.259. The van der Waals surface area contributed by atoms with E-state index in [9.17, 15) is 0 Å². The Morgan fingerprint density at radius 2 is 2.25 bits per heavy atom. The van der Waals surface area contributed by atoms with E-state index >= 15 is 0 Å². The van der Waals surface area contributed by atoms with E-state index in [1.54, 1.807) is 0 Å². The zero-order valence-electron chi connectivity index (χ0n) is 6.79. The van der Waals surface area contributed by atoms with Gasteiger partial charge in [-0.15, -0.1) is 0 Å². The van der Waals surface area contributed by atoms with E-state index in [1.165, 1.54) is 11.1 Å². The molecule has 0 amide bonds. The maximum absolute atomic E-state index is 5.61. The molecule has 1 nitrogen and oxygen atoms in total. The third-order valence-corrected chi connectivity index (χ3v) is 2.82. The highest BCUT2D eigenvalue weighted by Gasteiger charge is 2.18. The lowest BCUT2D eigenvalue weighted by atomic mass is 9.99. The third kappa shape index (κ3) is 1.41. The molecule has 0 aromatic heterocycles. The van der Waals surface area contributed by atoms with Crippen molar-refractivity contribution in [1.29, 1.82) is 0 Å². The summed E-state index contributed by atoms with van der Waals surface area (Å²) in [7, 11) is 0. The van der Waals surface area contributed by atoms with Crippen LogP contribution in [0.5, 0.6) is 0 Å². The Kier molecular flexibility index (Phi) is 2.47. The fourth-order valence-electron chi connectivity index (χ4n) is 1.60. The Hall–Kier alpha value is -0.340. The van der Waals surface area contributed by atoms with Crippen molar-refractivity contribution in [2.24, 2.45) is 0 Å². The van der Waals surface area contributed by atoms with Crippen molar-refractivity contribution in [3.63, 3.8) is 0 Å². The number of benzene rings is 1. The van der Waals surface area contributed by atoms with Crippen LogP contribution in [0.3, 0.4) is 0 Å². The van der Waals surface area contributed by atoms with Gasteiger partial charge in [-0.1, -0.05) is 40.2 Å². The third-order valence-electron chi connectivity index (χ3n) is 2.23. The molecule has 0 radical (unpaired) electrons. The first-order chi connectivity index (χ1) is 5.92. The van der Waals surface area contributed by atoms with Crippen LogP contribution >= 0.6 is 15.9 Å². The molecule has 0 bridgehead atoms. The van der Waals surface area contributed by atoms with Gasteiger partial charge in [0.15, 0.2) is 0 Å². The van der Waals surface area contributed by atoms with Crippen LogP contribution in [0.1, 0.15) is 17.2 Å². The molecule has 64 valence electrons. The molecule has 2 heteroatoms. The molecule has 1 aromatic carbocycles. The summed E-state index contributed by atoms with van der Waals surface area (Å²) in [6.45, 7) is 0.854. The number of fused-ring (bicyclic) bond motifs is 1. The standard InChI is InChI=1S/C10H11BrO/c11-7-10-9-4-2-1-3-8(9)5-6-12-10/h1-4,10H,5-7H2. The number of halogens is 1. The molecule has 1 atom stereocenters. The monoisotopic (exact) mass is 226 g/mol. The van der Waals surface area contributed by atoms with Crippen molar-refractivity contribution in [1.82, 2.24) is 0 Å². The van der Waals surface area contributed by atoms with Gasteiger partial charge in [0.05, 0.1) is 12.7 Å². The molecular formula is C10H11BrO. The minimum absolute atomic E-state index is 0.259. The summed E-state index contributed by atoms with van der Waals surface area (Å²) in [5.41, 5.74) is 2.79. The molecule has 0 saturated heterocycles. The van der Waals surface area contributed by atoms with Gasteiger partial charge < -0.3 is 4.74 Å². The van der Waals surface area contributed by atoms with Crippen molar-refractivity contribution in [2.75, 3.05) is 11.9 Å². The number of hydrogen-bond donors (Lipinski definition) is 0. The van der Waals surface area contributed by atoms with Crippen LogP contribution in [0.25, 0.3) is 0 Å². The van der Waals surface area contributed by atoms with E-state index in [1.807, 2.05) is 0 Å². The molecule has 2 rings (SSSR count). The lowest BCUT2D eigenvalue weighted by Gasteiger charge is -2.24. The Labute approximate surface area is 80.9 Å². The maximum atomic E-state index is 5.61. The summed E-state index contributed by atoms with van der Waals surface area (Å²) >= 11 is 3.46.